The van der Waals surface area contributed by atoms with E-state index in [9.17, 15) is 13.2 Å². The standard InChI is InChI=1S/C26H32N2O4S2/c1-20(2)16-28(34(30,31)25-14-11-23(32-4)12-15-25)19-26(29)27(17-22-8-6-5-7-9-22)18-24-13-10-21(3)33-24/h5-15,20H,16-19H2,1-4H3. The van der Waals surface area contributed by atoms with E-state index in [2.05, 4.69) is 0 Å². The van der Waals surface area contributed by atoms with E-state index in [0.29, 0.717) is 18.8 Å². The van der Waals surface area contributed by atoms with Crippen molar-refractivity contribution in [1.82, 2.24) is 9.21 Å². The lowest BCUT2D eigenvalue weighted by molar-refractivity contribution is -0.132. The number of ether oxygens (including phenoxy) is 1. The van der Waals surface area contributed by atoms with Crippen molar-refractivity contribution in [2.75, 3.05) is 20.2 Å². The molecule has 0 aliphatic rings. The van der Waals surface area contributed by atoms with E-state index in [1.54, 1.807) is 28.4 Å². The summed E-state index contributed by atoms with van der Waals surface area (Å²) in [4.78, 5) is 17.6. The van der Waals surface area contributed by atoms with Gasteiger partial charge in [-0.3, -0.25) is 4.79 Å². The number of hydrogen-bond acceptors (Lipinski definition) is 5. The second kappa shape index (κ2) is 11.6. The maximum absolute atomic E-state index is 13.5. The SMILES string of the molecule is COc1ccc(S(=O)(=O)N(CC(=O)N(Cc2ccccc2)Cc2ccc(C)s2)CC(C)C)cc1. The van der Waals surface area contributed by atoms with E-state index < -0.39 is 10.0 Å². The van der Waals surface area contributed by atoms with Crippen LogP contribution in [-0.2, 0) is 27.9 Å². The predicted octanol–water partition coefficient (Wildman–Crippen LogP) is 4.94. The highest BCUT2D eigenvalue weighted by atomic mass is 32.2. The summed E-state index contributed by atoms with van der Waals surface area (Å²) < 4.78 is 33.4. The van der Waals surface area contributed by atoms with Crippen molar-refractivity contribution < 1.29 is 17.9 Å². The minimum atomic E-state index is -3.86. The molecule has 1 heterocycles. The van der Waals surface area contributed by atoms with Crippen LogP contribution in [0.15, 0.2) is 71.6 Å². The van der Waals surface area contributed by atoms with Crippen LogP contribution in [0.3, 0.4) is 0 Å². The first kappa shape index (κ1) is 25.9. The Hall–Kier alpha value is -2.68. The van der Waals surface area contributed by atoms with Gasteiger partial charge in [0, 0.05) is 22.8 Å². The van der Waals surface area contributed by atoms with Gasteiger partial charge in [-0.1, -0.05) is 44.2 Å². The van der Waals surface area contributed by atoms with E-state index in [4.69, 9.17) is 4.74 Å². The molecule has 3 rings (SSSR count). The lowest BCUT2D eigenvalue weighted by Crippen LogP contribution is -2.43. The number of carbonyl (C=O) groups excluding carboxylic acids is 1. The van der Waals surface area contributed by atoms with Crippen LogP contribution in [0, 0.1) is 12.8 Å². The maximum atomic E-state index is 13.5. The average molecular weight is 501 g/mol. The molecule has 0 saturated carbocycles. The summed E-state index contributed by atoms with van der Waals surface area (Å²) in [5, 5.41) is 0. The van der Waals surface area contributed by atoms with Crippen LogP contribution in [0.4, 0.5) is 0 Å². The Balaban J connectivity index is 1.87. The molecule has 0 aliphatic carbocycles. The van der Waals surface area contributed by atoms with Crippen molar-refractivity contribution in [1.29, 1.82) is 0 Å². The van der Waals surface area contributed by atoms with Crippen molar-refractivity contribution in [3.8, 4) is 5.75 Å². The van der Waals surface area contributed by atoms with Gasteiger partial charge in [-0.25, -0.2) is 8.42 Å². The number of sulfonamides is 1. The van der Waals surface area contributed by atoms with Crippen molar-refractivity contribution in [2.24, 2.45) is 5.92 Å². The number of thiophene rings is 1. The zero-order valence-corrected chi connectivity index (χ0v) is 21.7. The number of hydrogen-bond donors (Lipinski definition) is 0. The van der Waals surface area contributed by atoms with Crippen LogP contribution in [-0.4, -0.2) is 43.7 Å². The van der Waals surface area contributed by atoms with Gasteiger partial charge in [0.05, 0.1) is 25.1 Å². The number of carbonyl (C=O) groups is 1. The lowest BCUT2D eigenvalue weighted by atomic mass is 10.2. The minimum Gasteiger partial charge on any atom is -0.497 e. The molecule has 0 saturated heterocycles. The quantitative estimate of drug-likeness (QED) is 0.374. The zero-order chi connectivity index (χ0) is 24.7. The Morgan fingerprint density at radius 3 is 2.21 bits per heavy atom. The number of rotatable bonds is 11. The number of methoxy groups -OCH3 is 1. The molecule has 0 unspecified atom stereocenters. The van der Waals surface area contributed by atoms with Crippen LogP contribution in [0.2, 0.25) is 0 Å². The molecule has 1 amide bonds. The molecule has 8 heteroatoms. The molecule has 3 aromatic rings. The third-order valence-electron chi connectivity index (χ3n) is 5.29. The third-order valence-corrected chi connectivity index (χ3v) is 8.10. The largest absolute Gasteiger partial charge is 0.497 e. The molecule has 0 atom stereocenters. The first-order valence-corrected chi connectivity index (χ1v) is 13.5. The van der Waals surface area contributed by atoms with Crippen molar-refractivity contribution >= 4 is 27.3 Å². The van der Waals surface area contributed by atoms with E-state index in [1.807, 2.05) is 63.2 Å². The molecule has 0 spiro atoms. The Kier molecular flexibility index (Phi) is 8.88. The molecule has 0 radical (unpaired) electrons. The van der Waals surface area contributed by atoms with Crippen LogP contribution in [0.25, 0.3) is 0 Å². The Morgan fingerprint density at radius 1 is 0.971 bits per heavy atom. The second-order valence-electron chi connectivity index (χ2n) is 8.61. The molecule has 0 bridgehead atoms. The van der Waals surface area contributed by atoms with E-state index in [0.717, 1.165) is 10.4 Å². The van der Waals surface area contributed by atoms with Crippen LogP contribution >= 0.6 is 11.3 Å². The zero-order valence-electron chi connectivity index (χ0n) is 20.1. The van der Waals surface area contributed by atoms with E-state index in [-0.39, 0.29) is 29.8 Å². The summed E-state index contributed by atoms with van der Waals surface area (Å²) in [5.41, 5.74) is 0.998. The van der Waals surface area contributed by atoms with Gasteiger partial charge < -0.3 is 9.64 Å². The Bertz CT molecular complexity index is 1170. The van der Waals surface area contributed by atoms with Gasteiger partial charge in [0.2, 0.25) is 15.9 Å². The fourth-order valence-corrected chi connectivity index (χ4v) is 6.06. The fourth-order valence-electron chi connectivity index (χ4n) is 3.60. The van der Waals surface area contributed by atoms with Gasteiger partial charge in [-0.2, -0.15) is 4.31 Å². The normalized spacial score (nSPS) is 11.7. The minimum absolute atomic E-state index is 0.0587. The lowest BCUT2D eigenvalue weighted by Gasteiger charge is -2.28. The molecular weight excluding hydrogens is 468 g/mol. The van der Waals surface area contributed by atoms with Gasteiger partial charge in [0.15, 0.2) is 0 Å². The van der Waals surface area contributed by atoms with Crippen molar-refractivity contribution in [3.63, 3.8) is 0 Å². The highest BCUT2D eigenvalue weighted by Crippen LogP contribution is 2.22. The monoisotopic (exact) mass is 500 g/mol. The molecule has 0 N–H and O–H groups in total. The number of aryl methyl sites for hydroxylation is 1. The summed E-state index contributed by atoms with van der Waals surface area (Å²) >= 11 is 1.64. The maximum Gasteiger partial charge on any atom is 0.243 e. The molecule has 0 aliphatic heterocycles. The summed E-state index contributed by atoms with van der Waals surface area (Å²) in [6.07, 6.45) is 0. The molecule has 0 fully saturated rings. The summed E-state index contributed by atoms with van der Waals surface area (Å²) in [5.74, 6) is 0.404. The van der Waals surface area contributed by atoms with Gasteiger partial charge in [0.25, 0.3) is 0 Å². The van der Waals surface area contributed by atoms with E-state index >= 15 is 0 Å². The highest BCUT2D eigenvalue weighted by Gasteiger charge is 2.29. The summed E-state index contributed by atoms with van der Waals surface area (Å²) in [6.45, 7) is 6.79. The summed E-state index contributed by atoms with van der Waals surface area (Å²) in [6, 6.07) is 20.1. The topological polar surface area (TPSA) is 66.9 Å². The van der Waals surface area contributed by atoms with Gasteiger partial charge in [-0.05, 0) is 54.8 Å². The van der Waals surface area contributed by atoms with E-state index in [1.165, 1.54) is 28.4 Å². The second-order valence-corrected chi connectivity index (χ2v) is 11.9. The third kappa shape index (κ3) is 6.91. The number of nitrogens with zero attached hydrogens (tertiary/aromatic N) is 2. The molecule has 182 valence electrons. The summed E-state index contributed by atoms with van der Waals surface area (Å²) in [7, 11) is -2.33. The molecular formula is C26H32N2O4S2. The fraction of sp³-hybridized carbons (Fsp3) is 0.346. The predicted molar refractivity (Wildman–Crippen MR) is 136 cm³/mol. The average Bonchev–Trinajstić information content (AvgIpc) is 3.23. The molecule has 1 aromatic heterocycles. The number of benzene rings is 2. The Labute approximate surface area is 206 Å². The first-order valence-electron chi connectivity index (χ1n) is 11.2. The van der Waals surface area contributed by atoms with Crippen LogP contribution in [0.5, 0.6) is 5.75 Å². The van der Waals surface area contributed by atoms with Crippen molar-refractivity contribution in [3.05, 3.63) is 82.0 Å². The van der Waals surface area contributed by atoms with Crippen molar-refractivity contribution in [2.45, 2.75) is 38.8 Å². The van der Waals surface area contributed by atoms with Crippen LogP contribution < -0.4 is 4.74 Å². The van der Waals surface area contributed by atoms with Gasteiger partial charge >= 0.3 is 0 Å². The highest BCUT2D eigenvalue weighted by molar-refractivity contribution is 7.89. The smallest absolute Gasteiger partial charge is 0.243 e. The molecule has 2 aromatic carbocycles. The Morgan fingerprint density at radius 2 is 1.65 bits per heavy atom. The molecule has 34 heavy (non-hydrogen) atoms. The first-order chi connectivity index (χ1) is 16.2. The number of amides is 1. The van der Waals surface area contributed by atoms with Gasteiger partial charge in [0.1, 0.15) is 5.75 Å². The molecule has 6 nitrogen and oxygen atoms in total. The van der Waals surface area contributed by atoms with Crippen LogP contribution in [0.1, 0.15) is 29.2 Å². The van der Waals surface area contributed by atoms with Gasteiger partial charge in [-0.15, -0.1) is 11.3 Å².